The van der Waals surface area contributed by atoms with Crippen molar-refractivity contribution in [3.05, 3.63) is 46.9 Å². The Morgan fingerprint density at radius 3 is 2.22 bits per heavy atom. The molecule has 1 aromatic carbocycles. The molecule has 0 aliphatic carbocycles. The molecule has 0 unspecified atom stereocenters. The third-order valence-corrected chi connectivity index (χ3v) is 15.6. The van der Waals surface area contributed by atoms with Crippen molar-refractivity contribution in [2.24, 2.45) is 18.9 Å². The van der Waals surface area contributed by atoms with Gasteiger partial charge in [0.05, 0.1) is 24.0 Å². The lowest BCUT2D eigenvalue weighted by atomic mass is 9.97. The number of amides is 3. The average molecular weight is 911 g/mol. The molecule has 328 valence electrons. The molecule has 0 bridgehead atoms. The van der Waals surface area contributed by atoms with Crippen LogP contribution in [0.3, 0.4) is 0 Å². The Hall–Kier alpha value is -3.22. The lowest BCUT2D eigenvalue weighted by Gasteiger charge is -2.41. The maximum absolute atomic E-state index is 16.4. The van der Waals surface area contributed by atoms with E-state index in [-0.39, 0.29) is 67.6 Å². The quantitative estimate of drug-likeness (QED) is 0.101. The van der Waals surface area contributed by atoms with Gasteiger partial charge in [-0.15, -0.1) is 21.5 Å². The fraction of sp³-hybridized carbons (Fsp3) is 0.625. The summed E-state index contributed by atoms with van der Waals surface area (Å²) in [6.07, 6.45) is 5.22. The van der Waals surface area contributed by atoms with Crippen molar-refractivity contribution >= 4 is 80.5 Å². The summed E-state index contributed by atoms with van der Waals surface area (Å²) in [5, 5.41) is 11.0. The van der Waals surface area contributed by atoms with Gasteiger partial charge in [-0.25, -0.2) is 0 Å². The van der Waals surface area contributed by atoms with E-state index in [4.69, 9.17) is 9.05 Å². The molecule has 3 fully saturated rings. The number of nitrogens with zero attached hydrogens (tertiary/aromatic N) is 5. The molecular formula is C40H53F2N6O8PS3. The van der Waals surface area contributed by atoms with Gasteiger partial charge in [-0.2, -0.15) is 8.78 Å². The molecule has 0 radical (unpaired) electrons. The van der Waals surface area contributed by atoms with Gasteiger partial charge in [0.25, 0.3) is 5.91 Å². The van der Waals surface area contributed by atoms with Crippen molar-refractivity contribution in [2.75, 3.05) is 37.8 Å². The number of alkyl halides is 2. The summed E-state index contributed by atoms with van der Waals surface area (Å²) in [6, 6.07) is 3.49. The first-order chi connectivity index (χ1) is 28.5. The first-order valence-corrected chi connectivity index (χ1v) is 24.7. The summed E-state index contributed by atoms with van der Waals surface area (Å²) in [6.45, 7) is 7.63. The van der Waals surface area contributed by atoms with Gasteiger partial charge in [0, 0.05) is 60.8 Å². The number of halogens is 2. The highest BCUT2D eigenvalue weighted by Crippen LogP contribution is 2.67. The SMILES string of the molecule is CC(C)CC(=O)SCCOP(=O)(OCCSC(=O)CC(C)C)C(F)(F)c1ccc2sc(C(=O)N[C@H]3CCC[C@H]4CC[C@@H](C(=O)N5CC(c6nncn6C)C5)N4C3=O)cc2c1. The highest BCUT2D eigenvalue weighted by molar-refractivity contribution is 8.13. The molecule has 3 aromatic rings. The van der Waals surface area contributed by atoms with Crippen LogP contribution in [0.5, 0.6) is 0 Å². The summed E-state index contributed by atoms with van der Waals surface area (Å²) in [7, 11) is -3.36. The zero-order valence-corrected chi connectivity index (χ0v) is 37.8. The Bertz CT molecular complexity index is 2080. The van der Waals surface area contributed by atoms with Crippen molar-refractivity contribution < 1.29 is 46.4 Å². The summed E-state index contributed by atoms with van der Waals surface area (Å²) in [4.78, 5) is 69.4. The van der Waals surface area contributed by atoms with E-state index >= 15 is 8.78 Å². The lowest BCUT2D eigenvalue weighted by Crippen LogP contribution is -2.58. The fourth-order valence-corrected chi connectivity index (χ4v) is 12.2. The Morgan fingerprint density at radius 2 is 1.62 bits per heavy atom. The zero-order valence-electron chi connectivity index (χ0n) is 34.5. The molecule has 14 nitrogen and oxygen atoms in total. The molecule has 20 heteroatoms. The molecule has 0 spiro atoms. The van der Waals surface area contributed by atoms with Crippen molar-refractivity contribution in [3.63, 3.8) is 0 Å². The van der Waals surface area contributed by atoms with Crippen LogP contribution in [0, 0.1) is 11.8 Å². The number of thiophene rings is 1. The van der Waals surface area contributed by atoms with E-state index in [0.29, 0.717) is 62.7 Å². The number of fused-ring (bicyclic) bond motifs is 2. The van der Waals surface area contributed by atoms with Crippen LogP contribution in [-0.2, 0) is 45.5 Å². The van der Waals surface area contributed by atoms with Crippen LogP contribution in [-0.4, -0.2) is 108 Å². The van der Waals surface area contributed by atoms with E-state index in [1.165, 1.54) is 12.1 Å². The molecule has 3 aliphatic rings. The number of likely N-dealkylation sites (tertiary alicyclic amines) is 1. The fourth-order valence-electron chi connectivity index (χ4n) is 7.77. The van der Waals surface area contributed by atoms with Crippen LogP contribution in [0.25, 0.3) is 10.1 Å². The second-order valence-corrected chi connectivity index (χ2v) is 21.9. The van der Waals surface area contributed by atoms with Crippen LogP contribution in [0.1, 0.15) is 99.6 Å². The Labute approximate surface area is 361 Å². The number of aromatic nitrogens is 3. The molecule has 3 amide bonds. The summed E-state index contributed by atoms with van der Waals surface area (Å²) >= 11 is 2.87. The minimum absolute atomic E-state index is 0.0128. The first kappa shape index (κ1) is 46.3. The zero-order chi connectivity index (χ0) is 43.4. The molecule has 2 aromatic heterocycles. The van der Waals surface area contributed by atoms with Gasteiger partial charge in [0.1, 0.15) is 24.2 Å². The van der Waals surface area contributed by atoms with Crippen molar-refractivity contribution in [1.29, 1.82) is 0 Å². The van der Waals surface area contributed by atoms with Crippen LogP contribution in [0.15, 0.2) is 30.6 Å². The van der Waals surface area contributed by atoms with Crippen molar-refractivity contribution in [3.8, 4) is 0 Å². The minimum atomic E-state index is -5.22. The van der Waals surface area contributed by atoms with E-state index in [1.54, 1.807) is 16.1 Å². The van der Waals surface area contributed by atoms with E-state index in [9.17, 15) is 28.5 Å². The minimum Gasteiger partial charge on any atom is -0.340 e. The van der Waals surface area contributed by atoms with E-state index in [0.717, 1.165) is 52.8 Å². The summed E-state index contributed by atoms with van der Waals surface area (Å²) in [5.74, 6) is 0.107. The largest absolute Gasteiger partial charge is 0.404 e. The van der Waals surface area contributed by atoms with E-state index < -0.39 is 50.0 Å². The van der Waals surface area contributed by atoms with Crippen LogP contribution in [0.2, 0.25) is 0 Å². The highest BCUT2D eigenvalue weighted by Gasteiger charge is 2.55. The van der Waals surface area contributed by atoms with Crippen molar-refractivity contribution in [1.82, 2.24) is 29.9 Å². The second kappa shape index (κ2) is 19.9. The van der Waals surface area contributed by atoms with E-state index in [2.05, 4.69) is 15.5 Å². The number of thioether (sulfide) groups is 2. The molecule has 3 saturated heterocycles. The smallest absolute Gasteiger partial charge is 0.340 e. The normalized spacial score (nSPS) is 20.1. The maximum Gasteiger partial charge on any atom is 0.404 e. The number of carbonyl (C=O) groups is 5. The lowest BCUT2D eigenvalue weighted by molar-refractivity contribution is -0.148. The van der Waals surface area contributed by atoms with Crippen LogP contribution < -0.4 is 5.32 Å². The van der Waals surface area contributed by atoms with Gasteiger partial charge in [-0.1, -0.05) is 57.3 Å². The number of rotatable bonds is 18. The maximum atomic E-state index is 16.4. The van der Waals surface area contributed by atoms with Gasteiger partial charge in [0.2, 0.25) is 11.8 Å². The number of hydrogen-bond acceptors (Lipinski definition) is 13. The predicted octanol–water partition coefficient (Wildman–Crippen LogP) is 7.19. The van der Waals surface area contributed by atoms with Crippen LogP contribution in [0.4, 0.5) is 8.78 Å². The molecular weight excluding hydrogens is 858 g/mol. The number of benzene rings is 1. The third kappa shape index (κ3) is 10.7. The Balaban J connectivity index is 1.12. The van der Waals surface area contributed by atoms with Crippen molar-refractivity contribution in [2.45, 2.75) is 102 Å². The number of nitrogens with one attached hydrogen (secondary N) is 1. The number of carbonyl (C=O) groups excluding carboxylic acids is 5. The van der Waals surface area contributed by atoms with Gasteiger partial charge in [-0.05, 0) is 67.5 Å². The predicted molar refractivity (Wildman–Crippen MR) is 228 cm³/mol. The standard InChI is InChI=1S/C40H53F2N6O8PS3/c1-24(2)17-34(49)58-15-13-55-57(54,56-14-16-59-35(50)18-25(3)4)40(41,42)28-9-12-32-26(19-28)20-33(60-32)37(51)44-30-8-6-7-29-10-11-31(48(29)38(30)52)39(53)47-21-27(22-47)36-45-43-23-46(36)5/h9,12,19-20,23-25,27,29-31H,6-8,10-11,13-18,21-22H2,1-5H3,(H,44,51)/t29-,30-,31-/m0/s1. The first-order valence-electron chi connectivity index (χ1n) is 20.4. The Kier molecular flexibility index (Phi) is 15.3. The topological polar surface area (TPSA) is 170 Å². The second-order valence-electron chi connectivity index (χ2n) is 16.4. The van der Waals surface area contributed by atoms with Gasteiger partial charge < -0.3 is 28.7 Å². The summed E-state index contributed by atoms with van der Waals surface area (Å²) < 4.78 is 59.7. The molecule has 1 N–H and O–H groups in total. The molecule has 60 heavy (non-hydrogen) atoms. The Morgan fingerprint density at radius 1 is 0.967 bits per heavy atom. The molecule has 3 atom stereocenters. The molecule has 5 heterocycles. The molecule has 3 aliphatic heterocycles. The monoisotopic (exact) mass is 910 g/mol. The van der Waals surface area contributed by atoms with Crippen LogP contribution >= 0.6 is 42.5 Å². The molecule has 6 rings (SSSR count). The van der Waals surface area contributed by atoms with Gasteiger partial charge >= 0.3 is 13.3 Å². The number of aryl methyl sites for hydroxylation is 1. The average Bonchev–Trinajstić information content (AvgIpc) is 3.89. The van der Waals surface area contributed by atoms with Gasteiger partial charge in [0.15, 0.2) is 10.2 Å². The summed E-state index contributed by atoms with van der Waals surface area (Å²) in [5.41, 5.74) is -4.79. The molecule has 0 saturated carbocycles. The van der Waals surface area contributed by atoms with Gasteiger partial charge in [-0.3, -0.25) is 28.5 Å². The third-order valence-electron chi connectivity index (χ3n) is 10.8. The number of hydrogen-bond donors (Lipinski definition) is 1. The highest BCUT2D eigenvalue weighted by atomic mass is 32.2. The van der Waals surface area contributed by atoms with E-state index in [1.807, 2.05) is 39.3 Å².